The van der Waals surface area contributed by atoms with E-state index in [4.69, 9.17) is 4.98 Å². The van der Waals surface area contributed by atoms with Gasteiger partial charge in [-0.2, -0.15) is 0 Å². The van der Waals surface area contributed by atoms with E-state index in [2.05, 4.69) is 106 Å². The molecule has 0 amide bonds. The number of hydrogen-bond acceptors (Lipinski definition) is 4. The van der Waals surface area contributed by atoms with Crippen LogP contribution in [-0.4, -0.2) is 19.5 Å². The number of fused-ring (bicyclic) bond motifs is 4. The van der Waals surface area contributed by atoms with Gasteiger partial charge >= 0.3 is 0 Å². The monoisotopic (exact) mass is 530 g/mol. The van der Waals surface area contributed by atoms with Gasteiger partial charge in [0.1, 0.15) is 5.01 Å². The van der Waals surface area contributed by atoms with Gasteiger partial charge < -0.3 is 4.57 Å². The molecule has 8 aromatic rings. The topological polar surface area (TPSA) is 43.6 Å². The lowest BCUT2D eigenvalue weighted by molar-refractivity contribution is 1.18. The van der Waals surface area contributed by atoms with Gasteiger partial charge in [0.15, 0.2) is 0 Å². The maximum atomic E-state index is 5.07. The Balaban J connectivity index is 1.29. The van der Waals surface area contributed by atoms with Gasteiger partial charge in [0.2, 0.25) is 0 Å². The quantitative estimate of drug-likeness (QED) is 0.228. The number of rotatable bonds is 4. The Morgan fingerprint density at radius 2 is 1.40 bits per heavy atom. The Hall–Kier alpha value is -5.13. The summed E-state index contributed by atoms with van der Waals surface area (Å²) in [6.45, 7) is 0. The third-order valence-electron chi connectivity index (χ3n) is 7.39. The number of benzene rings is 4. The average molecular weight is 531 g/mol. The lowest BCUT2D eigenvalue weighted by Gasteiger charge is -2.10. The first-order chi connectivity index (χ1) is 19.8. The minimum atomic E-state index is 0.964. The Bertz CT molecular complexity index is 2160. The van der Waals surface area contributed by atoms with Gasteiger partial charge in [-0.05, 0) is 71.8 Å². The molecule has 0 radical (unpaired) electrons. The normalized spacial score (nSPS) is 11.5. The molecule has 0 saturated carbocycles. The molecule has 0 spiro atoms. The zero-order chi connectivity index (χ0) is 26.5. The average Bonchev–Trinajstić information content (AvgIpc) is 3.60. The molecule has 0 aliphatic carbocycles. The molecule has 4 aromatic heterocycles. The molecule has 40 heavy (non-hydrogen) atoms. The van der Waals surface area contributed by atoms with E-state index >= 15 is 0 Å². The molecule has 4 aromatic carbocycles. The lowest BCUT2D eigenvalue weighted by Crippen LogP contribution is -1.95. The van der Waals surface area contributed by atoms with Gasteiger partial charge in [-0.1, -0.05) is 54.6 Å². The summed E-state index contributed by atoms with van der Waals surface area (Å²) in [6.07, 6.45) is 5.49. The minimum Gasteiger partial charge on any atom is -0.309 e. The van der Waals surface area contributed by atoms with Crippen LogP contribution in [-0.2, 0) is 0 Å². The summed E-state index contributed by atoms with van der Waals surface area (Å²) >= 11 is 1.73. The van der Waals surface area contributed by atoms with Crippen LogP contribution >= 0.6 is 11.3 Å². The predicted octanol–water partition coefficient (Wildman–Crippen LogP) is 9.18. The maximum absolute atomic E-state index is 5.07. The van der Waals surface area contributed by atoms with E-state index < -0.39 is 0 Å². The van der Waals surface area contributed by atoms with Gasteiger partial charge in [0, 0.05) is 46.2 Å². The van der Waals surface area contributed by atoms with Crippen LogP contribution < -0.4 is 0 Å². The largest absolute Gasteiger partial charge is 0.309 e. The van der Waals surface area contributed by atoms with Crippen LogP contribution in [0.5, 0.6) is 0 Å². The van der Waals surface area contributed by atoms with Crippen LogP contribution in [0.2, 0.25) is 0 Å². The van der Waals surface area contributed by atoms with E-state index in [0.717, 1.165) is 49.7 Å². The van der Waals surface area contributed by atoms with Crippen LogP contribution in [0.4, 0.5) is 0 Å². The molecule has 8 rings (SSSR count). The first-order valence-corrected chi connectivity index (χ1v) is 14.0. The summed E-state index contributed by atoms with van der Waals surface area (Å²) in [5.41, 5.74) is 9.93. The first kappa shape index (κ1) is 22.8. The zero-order valence-corrected chi connectivity index (χ0v) is 22.2. The SMILES string of the molecule is c1ccc(-c2cccc(-n3c4ccccc4c4ccc(-c5nc6cc(-c7ccncc7)ccc6s5)cc43)c2)nc1. The van der Waals surface area contributed by atoms with Gasteiger partial charge in [-0.15, -0.1) is 11.3 Å². The minimum absolute atomic E-state index is 0.964. The van der Waals surface area contributed by atoms with E-state index in [1.165, 1.54) is 21.0 Å². The summed E-state index contributed by atoms with van der Waals surface area (Å²) in [7, 11) is 0. The third-order valence-corrected chi connectivity index (χ3v) is 8.47. The summed E-state index contributed by atoms with van der Waals surface area (Å²) in [6, 6.07) is 40.5. The number of para-hydroxylation sites is 1. The van der Waals surface area contributed by atoms with Crippen molar-refractivity contribution >= 4 is 43.4 Å². The van der Waals surface area contributed by atoms with Crippen LogP contribution in [0.15, 0.2) is 134 Å². The number of hydrogen-bond donors (Lipinski definition) is 0. The smallest absolute Gasteiger partial charge is 0.124 e. The number of pyridine rings is 2. The van der Waals surface area contributed by atoms with Crippen molar-refractivity contribution in [1.29, 1.82) is 0 Å². The van der Waals surface area contributed by atoms with Crippen LogP contribution in [0.25, 0.3) is 70.7 Å². The summed E-state index contributed by atoms with van der Waals surface area (Å²) in [5, 5.41) is 3.48. The predicted molar refractivity (Wildman–Crippen MR) is 166 cm³/mol. The Kier molecular flexibility index (Phi) is 5.28. The van der Waals surface area contributed by atoms with E-state index in [9.17, 15) is 0 Å². The van der Waals surface area contributed by atoms with Crippen LogP contribution in [0.3, 0.4) is 0 Å². The van der Waals surface area contributed by atoms with Crippen molar-refractivity contribution in [3.63, 3.8) is 0 Å². The fraction of sp³-hybridized carbons (Fsp3) is 0. The highest BCUT2D eigenvalue weighted by molar-refractivity contribution is 7.21. The number of aromatic nitrogens is 4. The standard InChI is InChI=1S/C35H22N4S/c1-2-10-32-28(8-1)29-13-11-26(35-38-31-21-24(12-14-34(31)40-35)23-15-18-36-19-16-23)22-33(29)39(32)27-7-5-6-25(20-27)30-9-3-4-17-37-30/h1-22H. The summed E-state index contributed by atoms with van der Waals surface area (Å²) in [5.74, 6) is 0. The van der Waals surface area contributed by atoms with E-state index in [1.54, 1.807) is 11.3 Å². The van der Waals surface area contributed by atoms with E-state index in [-0.39, 0.29) is 0 Å². The van der Waals surface area contributed by atoms with Crippen molar-refractivity contribution in [2.24, 2.45) is 0 Å². The Morgan fingerprint density at radius 3 is 2.30 bits per heavy atom. The third kappa shape index (κ3) is 3.79. The molecule has 0 aliphatic rings. The van der Waals surface area contributed by atoms with Gasteiger partial charge in [-0.3, -0.25) is 9.97 Å². The summed E-state index contributed by atoms with van der Waals surface area (Å²) in [4.78, 5) is 13.8. The molecule has 0 bridgehead atoms. The van der Waals surface area contributed by atoms with Crippen molar-refractivity contribution in [1.82, 2.24) is 19.5 Å². The molecule has 188 valence electrons. The summed E-state index contributed by atoms with van der Waals surface area (Å²) < 4.78 is 3.53. The van der Waals surface area contributed by atoms with Crippen molar-refractivity contribution in [3.8, 4) is 38.6 Å². The second-order valence-corrected chi connectivity index (χ2v) is 10.8. The second-order valence-electron chi connectivity index (χ2n) is 9.79. The fourth-order valence-corrected chi connectivity index (χ4v) is 6.44. The van der Waals surface area contributed by atoms with Crippen molar-refractivity contribution < 1.29 is 0 Å². The van der Waals surface area contributed by atoms with Crippen LogP contribution in [0, 0.1) is 0 Å². The van der Waals surface area contributed by atoms with Crippen molar-refractivity contribution in [3.05, 3.63) is 134 Å². The van der Waals surface area contributed by atoms with Crippen molar-refractivity contribution in [2.45, 2.75) is 0 Å². The molecule has 0 aliphatic heterocycles. The van der Waals surface area contributed by atoms with E-state index in [0.29, 0.717) is 0 Å². The highest BCUT2D eigenvalue weighted by Crippen LogP contribution is 2.38. The number of nitrogens with zero attached hydrogens (tertiary/aromatic N) is 4. The van der Waals surface area contributed by atoms with Crippen molar-refractivity contribution in [2.75, 3.05) is 0 Å². The molecule has 0 saturated heterocycles. The fourth-order valence-electron chi connectivity index (χ4n) is 5.49. The van der Waals surface area contributed by atoms with Gasteiger partial charge in [0.25, 0.3) is 0 Å². The molecular formula is C35H22N4S. The Labute approximate surface area is 234 Å². The Morgan fingerprint density at radius 1 is 0.550 bits per heavy atom. The van der Waals surface area contributed by atoms with E-state index in [1.807, 2.05) is 42.9 Å². The molecule has 4 heterocycles. The highest BCUT2D eigenvalue weighted by Gasteiger charge is 2.15. The zero-order valence-electron chi connectivity index (χ0n) is 21.4. The second kappa shape index (κ2) is 9.26. The first-order valence-electron chi connectivity index (χ1n) is 13.2. The molecule has 4 nitrogen and oxygen atoms in total. The maximum Gasteiger partial charge on any atom is 0.124 e. The molecule has 0 atom stereocenters. The van der Waals surface area contributed by atoms with Crippen LogP contribution in [0.1, 0.15) is 0 Å². The lowest BCUT2D eigenvalue weighted by atomic mass is 10.1. The van der Waals surface area contributed by atoms with Gasteiger partial charge in [0.05, 0.1) is 26.9 Å². The molecule has 5 heteroatoms. The highest BCUT2D eigenvalue weighted by atomic mass is 32.1. The van der Waals surface area contributed by atoms with Gasteiger partial charge in [-0.25, -0.2) is 4.98 Å². The molecular weight excluding hydrogens is 508 g/mol. The number of thiazole rings is 1. The molecule has 0 fully saturated rings. The molecule has 0 unspecified atom stereocenters. The molecule has 0 N–H and O–H groups in total.